The van der Waals surface area contributed by atoms with Gasteiger partial charge in [0.2, 0.25) is 0 Å². The highest BCUT2D eigenvalue weighted by Crippen LogP contribution is 2.31. The number of carbonyl (C=O) groups is 1. The fraction of sp³-hybridized carbons (Fsp3) is 0.150. The fourth-order valence-corrected chi connectivity index (χ4v) is 2.80. The van der Waals surface area contributed by atoms with Gasteiger partial charge in [0.1, 0.15) is 17.3 Å². The van der Waals surface area contributed by atoms with E-state index in [-0.39, 0.29) is 18.0 Å². The van der Waals surface area contributed by atoms with Crippen molar-refractivity contribution in [2.45, 2.75) is 13.1 Å². The smallest absolute Gasteiger partial charge is 0.335 e. The van der Waals surface area contributed by atoms with E-state index in [1.807, 2.05) is 18.2 Å². The topological polar surface area (TPSA) is 71.7 Å². The number of hydrogen-bond donors (Lipinski definition) is 2. The molecule has 0 bridgehead atoms. The first-order valence-electron chi connectivity index (χ1n) is 8.02. The Kier molecular flexibility index (Phi) is 7.30. The molecule has 7 heteroatoms. The van der Waals surface area contributed by atoms with Crippen LogP contribution >= 0.6 is 24.0 Å². The van der Waals surface area contributed by atoms with Crippen LogP contribution in [0.1, 0.15) is 21.7 Å². The third kappa shape index (κ3) is 5.26. The summed E-state index contributed by atoms with van der Waals surface area (Å²) in [5.41, 5.74) is 2.16. The fourth-order valence-electron chi connectivity index (χ4n) is 2.54. The first kappa shape index (κ1) is 20.8. The van der Waals surface area contributed by atoms with Gasteiger partial charge in [0.15, 0.2) is 0 Å². The Bertz CT molecular complexity index is 907. The number of nitrogens with one attached hydrogen (secondary N) is 1. The van der Waals surface area contributed by atoms with Gasteiger partial charge in [-0.2, -0.15) is 0 Å². The summed E-state index contributed by atoms with van der Waals surface area (Å²) >= 11 is 6.15. The molecular weight excluding hydrogens is 389 g/mol. The van der Waals surface area contributed by atoms with Gasteiger partial charge in [-0.1, -0.05) is 23.7 Å². The molecule has 0 unspecified atom stereocenters. The van der Waals surface area contributed by atoms with E-state index in [0.717, 1.165) is 22.6 Å². The highest BCUT2D eigenvalue weighted by Gasteiger charge is 2.08. The minimum absolute atomic E-state index is 0. The average Bonchev–Trinajstić information content (AvgIpc) is 3.11. The SMILES string of the molecule is COc1ccc(-c2ccc(CNCc3ccc(C(=O)O)cc3)o2)cc1Cl.Cl. The minimum atomic E-state index is -0.925. The Hall–Kier alpha value is -2.47. The largest absolute Gasteiger partial charge is 0.495 e. The van der Waals surface area contributed by atoms with Gasteiger partial charge in [0, 0.05) is 12.1 Å². The van der Waals surface area contributed by atoms with Crippen molar-refractivity contribution < 1.29 is 19.1 Å². The summed E-state index contributed by atoms with van der Waals surface area (Å²) in [6, 6.07) is 16.1. The number of halogens is 2. The molecule has 0 amide bonds. The predicted molar refractivity (Wildman–Crippen MR) is 107 cm³/mol. The number of methoxy groups -OCH3 is 1. The maximum atomic E-state index is 10.8. The zero-order chi connectivity index (χ0) is 18.5. The van der Waals surface area contributed by atoms with Crippen LogP contribution < -0.4 is 10.1 Å². The number of benzene rings is 2. The molecule has 1 aromatic heterocycles. The molecule has 142 valence electrons. The first-order chi connectivity index (χ1) is 12.6. The maximum Gasteiger partial charge on any atom is 0.335 e. The van der Waals surface area contributed by atoms with Crippen molar-refractivity contribution in [1.29, 1.82) is 0 Å². The number of furan rings is 1. The summed E-state index contributed by atoms with van der Waals surface area (Å²) in [5, 5.41) is 12.7. The molecule has 2 aromatic carbocycles. The van der Waals surface area contributed by atoms with E-state index >= 15 is 0 Å². The van der Waals surface area contributed by atoms with Gasteiger partial charge < -0.3 is 19.6 Å². The minimum Gasteiger partial charge on any atom is -0.495 e. The molecule has 0 aliphatic heterocycles. The number of carboxylic acid groups (broad SMARTS) is 1. The van der Waals surface area contributed by atoms with Crippen molar-refractivity contribution >= 4 is 30.0 Å². The maximum absolute atomic E-state index is 10.8. The molecule has 0 saturated heterocycles. The summed E-state index contributed by atoms with van der Waals surface area (Å²) in [7, 11) is 1.58. The lowest BCUT2D eigenvalue weighted by Crippen LogP contribution is -2.12. The van der Waals surface area contributed by atoms with Gasteiger partial charge in [-0.3, -0.25) is 0 Å². The van der Waals surface area contributed by atoms with Gasteiger partial charge in [0.25, 0.3) is 0 Å². The normalized spacial score (nSPS) is 10.3. The molecular formula is C20H19Cl2NO4. The third-order valence-corrected chi connectivity index (χ3v) is 4.22. The lowest BCUT2D eigenvalue weighted by Gasteiger charge is -2.05. The van der Waals surface area contributed by atoms with E-state index in [1.54, 1.807) is 43.5 Å². The number of carboxylic acids is 1. The molecule has 3 aromatic rings. The summed E-state index contributed by atoms with van der Waals surface area (Å²) < 4.78 is 11.0. The zero-order valence-corrected chi connectivity index (χ0v) is 16.1. The van der Waals surface area contributed by atoms with Crippen LogP contribution in [-0.4, -0.2) is 18.2 Å². The zero-order valence-electron chi connectivity index (χ0n) is 14.6. The van der Waals surface area contributed by atoms with Crippen LogP contribution in [0.15, 0.2) is 59.0 Å². The van der Waals surface area contributed by atoms with Crippen LogP contribution in [-0.2, 0) is 13.1 Å². The second kappa shape index (κ2) is 9.46. The van der Waals surface area contributed by atoms with Crippen molar-refractivity contribution in [3.63, 3.8) is 0 Å². The Balaban J connectivity index is 0.00000261. The number of ether oxygens (including phenoxy) is 1. The van der Waals surface area contributed by atoms with Crippen molar-refractivity contribution in [2.75, 3.05) is 7.11 Å². The summed E-state index contributed by atoms with van der Waals surface area (Å²) in [4.78, 5) is 10.8. The first-order valence-corrected chi connectivity index (χ1v) is 8.40. The van der Waals surface area contributed by atoms with Crippen LogP contribution in [0.2, 0.25) is 5.02 Å². The third-order valence-electron chi connectivity index (χ3n) is 3.93. The van der Waals surface area contributed by atoms with Gasteiger partial charge in [0.05, 0.1) is 24.2 Å². The van der Waals surface area contributed by atoms with Crippen LogP contribution in [0, 0.1) is 0 Å². The molecule has 0 atom stereocenters. The van der Waals surface area contributed by atoms with Gasteiger partial charge in [-0.05, 0) is 48.0 Å². The second-order valence-corrected chi connectivity index (χ2v) is 6.13. The molecule has 27 heavy (non-hydrogen) atoms. The van der Waals surface area contributed by atoms with Crippen molar-refractivity contribution in [1.82, 2.24) is 5.32 Å². The molecule has 0 spiro atoms. The van der Waals surface area contributed by atoms with Gasteiger partial charge >= 0.3 is 5.97 Å². The second-order valence-electron chi connectivity index (χ2n) is 5.72. The standard InChI is InChI=1S/C20H18ClNO4.ClH/c1-25-19-8-6-15(10-17(19)21)18-9-7-16(26-18)12-22-11-13-2-4-14(5-3-13)20(23)24;/h2-10,22H,11-12H2,1H3,(H,23,24);1H. The lowest BCUT2D eigenvalue weighted by molar-refractivity contribution is 0.0697. The molecule has 1 heterocycles. The van der Waals surface area contributed by atoms with E-state index in [1.165, 1.54) is 0 Å². The van der Waals surface area contributed by atoms with Crippen molar-refractivity contribution in [3.8, 4) is 17.1 Å². The molecule has 0 fully saturated rings. The average molecular weight is 408 g/mol. The molecule has 0 radical (unpaired) electrons. The molecule has 5 nitrogen and oxygen atoms in total. The molecule has 0 saturated carbocycles. The van der Waals surface area contributed by atoms with Crippen LogP contribution in [0.4, 0.5) is 0 Å². The van der Waals surface area contributed by atoms with Gasteiger partial charge in [-0.25, -0.2) is 4.79 Å². The highest BCUT2D eigenvalue weighted by molar-refractivity contribution is 6.32. The Labute approximate surface area is 168 Å². The molecule has 0 aliphatic rings. The Morgan fingerprint density at radius 2 is 1.85 bits per heavy atom. The monoisotopic (exact) mass is 407 g/mol. The molecule has 3 rings (SSSR count). The van der Waals surface area contributed by atoms with E-state index in [0.29, 0.717) is 23.9 Å². The van der Waals surface area contributed by atoms with E-state index < -0.39 is 5.97 Å². The predicted octanol–water partition coefficient (Wildman–Crippen LogP) is 5.02. The van der Waals surface area contributed by atoms with Crippen molar-refractivity contribution in [2.24, 2.45) is 0 Å². The number of hydrogen-bond acceptors (Lipinski definition) is 4. The highest BCUT2D eigenvalue weighted by atomic mass is 35.5. The summed E-state index contributed by atoms with van der Waals surface area (Å²) in [6.45, 7) is 1.18. The quantitative estimate of drug-likeness (QED) is 0.575. The van der Waals surface area contributed by atoms with Crippen molar-refractivity contribution in [3.05, 3.63) is 76.5 Å². The summed E-state index contributed by atoms with van der Waals surface area (Å²) in [5.74, 6) is 1.23. The van der Waals surface area contributed by atoms with Gasteiger partial charge in [-0.15, -0.1) is 12.4 Å². The Morgan fingerprint density at radius 3 is 2.48 bits per heavy atom. The lowest BCUT2D eigenvalue weighted by atomic mass is 10.1. The molecule has 0 aliphatic carbocycles. The Morgan fingerprint density at radius 1 is 1.11 bits per heavy atom. The molecule has 2 N–H and O–H groups in total. The van der Waals surface area contributed by atoms with E-state index in [9.17, 15) is 4.79 Å². The summed E-state index contributed by atoms with van der Waals surface area (Å²) in [6.07, 6.45) is 0. The number of rotatable bonds is 7. The van der Waals surface area contributed by atoms with Crippen LogP contribution in [0.5, 0.6) is 5.75 Å². The number of aromatic carboxylic acids is 1. The van der Waals surface area contributed by atoms with E-state index in [2.05, 4.69) is 5.32 Å². The van der Waals surface area contributed by atoms with Crippen LogP contribution in [0.3, 0.4) is 0 Å². The van der Waals surface area contributed by atoms with E-state index in [4.69, 9.17) is 25.9 Å². The van der Waals surface area contributed by atoms with Crippen LogP contribution in [0.25, 0.3) is 11.3 Å².